The molecule has 4 nitrogen and oxygen atoms in total. The van der Waals surface area contributed by atoms with Crippen LogP contribution in [0.25, 0.3) is 0 Å². The van der Waals surface area contributed by atoms with E-state index in [-0.39, 0.29) is 6.42 Å². The van der Waals surface area contributed by atoms with Gasteiger partial charge in [-0.15, -0.1) is 0 Å². The molecular weight excluding hydrogens is 256 g/mol. The van der Waals surface area contributed by atoms with E-state index < -0.39 is 11.6 Å². The lowest BCUT2D eigenvalue weighted by molar-refractivity contribution is -0.159. The summed E-state index contributed by atoms with van der Waals surface area (Å²) >= 11 is 0. The summed E-state index contributed by atoms with van der Waals surface area (Å²) in [6.45, 7) is 0. The maximum Gasteiger partial charge on any atom is 0.340 e. The third-order valence-corrected chi connectivity index (χ3v) is 3.22. The van der Waals surface area contributed by atoms with Crippen molar-refractivity contribution >= 4 is 5.97 Å². The predicted molar refractivity (Wildman–Crippen MR) is 74.7 cm³/mol. The van der Waals surface area contributed by atoms with Gasteiger partial charge in [-0.1, -0.05) is 42.5 Å². The van der Waals surface area contributed by atoms with Crippen molar-refractivity contribution in [3.05, 3.63) is 65.7 Å². The summed E-state index contributed by atoms with van der Waals surface area (Å²) in [6.07, 6.45) is -0.00363. The third kappa shape index (κ3) is 2.81. The van der Waals surface area contributed by atoms with Crippen molar-refractivity contribution in [2.45, 2.75) is 12.0 Å². The molecule has 0 bridgehead atoms. The largest absolute Gasteiger partial charge is 0.497 e. The fourth-order valence-corrected chi connectivity index (χ4v) is 2.05. The Morgan fingerprint density at radius 2 is 1.70 bits per heavy atom. The molecule has 20 heavy (non-hydrogen) atoms. The van der Waals surface area contributed by atoms with Crippen LogP contribution in [0.4, 0.5) is 0 Å². The number of aliphatic hydroxyl groups is 1. The SMILES string of the molecule is COc1ccc(CC(O)(C(=O)O)c2ccccc2)cc1. The first kappa shape index (κ1) is 14.1. The topological polar surface area (TPSA) is 66.8 Å². The van der Waals surface area contributed by atoms with Gasteiger partial charge in [-0.2, -0.15) is 0 Å². The zero-order valence-corrected chi connectivity index (χ0v) is 11.1. The van der Waals surface area contributed by atoms with E-state index in [2.05, 4.69) is 0 Å². The second-order valence-corrected chi connectivity index (χ2v) is 4.56. The minimum atomic E-state index is -1.93. The second-order valence-electron chi connectivity index (χ2n) is 4.56. The number of carbonyl (C=O) groups is 1. The normalized spacial score (nSPS) is 13.5. The minimum absolute atomic E-state index is 0.00363. The number of hydrogen-bond donors (Lipinski definition) is 2. The third-order valence-electron chi connectivity index (χ3n) is 3.22. The van der Waals surface area contributed by atoms with Gasteiger partial charge >= 0.3 is 5.97 Å². The molecule has 0 saturated heterocycles. The monoisotopic (exact) mass is 272 g/mol. The van der Waals surface area contributed by atoms with Crippen molar-refractivity contribution in [2.75, 3.05) is 7.11 Å². The van der Waals surface area contributed by atoms with Gasteiger partial charge in [0.2, 0.25) is 0 Å². The molecule has 1 unspecified atom stereocenters. The maximum atomic E-state index is 11.5. The number of carboxylic acid groups (broad SMARTS) is 1. The average Bonchev–Trinajstić information content (AvgIpc) is 2.48. The van der Waals surface area contributed by atoms with Gasteiger partial charge in [0.1, 0.15) is 5.75 Å². The van der Waals surface area contributed by atoms with Crippen molar-refractivity contribution < 1.29 is 19.7 Å². The van der Waals surface area contributed by atoms with Gasteiger partial charge < -0.3 is 14.9 Å². The molecule has 0 spiro atoms. The Kier molecular flexibility index (Phi) is 4.05. The van der Waals surface area contributed by atoms with Gasteiger partial charge in [-0.3, -0.25) is 0 Å². The molecule has 104 valence electrons. The Bertz CT molecular complexity index is 577. The lowest BCUT2D eigenvalue weighted by atomic mass is 9.87. The van der Waals surface area contributed by atoms with E-state index >= 15 is 0 Å². The number of carboxylic acids is 1. The summed E-state index contributed by atoms with van der Waals surface area (Å²) in [4.78, 5) is 11.5. The van der Waals surface area contributed by atoms with Crippen LogP contribution in [0.5, 0.6) is 5.75 Å². The lowest BCUT2D eigenvalue weighted by Crippen LogP contribution is -2.37. The van der Waals surface area contributed by atoms with E-state index in [1.165, 1.54) is 0 Å². The molecule has 0 radical (unpaired) electrons. The molecule has 0 saturated carbocycles. The quantitative estimate of drug-likeness (QED) is 0.875. The van der Waals surface area contributed by atoms with Gasteiger partial charge in [-0.05, 0) is 23.3 Å². The number of rotatable bonds is 5. The van der Waals surface area contributed by atoms with Crippen LogP contribution in [0, 0.1) is 0 Å². The van der Waals surface area contributed by atoms with Crippen LogP contribution in [0.2, 0.25) is 0 Å². The average molecular weight is 272 g/mol. The molecule has 0 heterocycles. The first-order valence-electron chi connectivity index (χ1n) is 6.20. The molecule has 2 aromatic rings. The highest BCUT2D eigenvalue weighted by atomic mass is 16.5. The van der Waals surface area contributed by atoms with Crippen LogP contribution >= 0.6 is 0 Å². The van der Waals surface area contributed by atoms with Crippen LogP contribution in [0.1, 0.15) is 11.1 Å². The summed E-state index contributed by atoms with van der Waals surface area (Å²) < 4.78 is 5.05. The van der Waals surface area contributed by atoms with Gasteiger partial charge in [0.25, 0.3) is 0 Å². The van der Waals surface area contributed by atoms with Crippen LogP contribution in [-0.2, 0) is 16.8 Å². The molecule has 0 aliphatic rings. The number of ether oxygens (including phenoxy) is 1. The first-order valence-corrected chi connectivity index (χ1v) is 6.20. The standard InChI is InChI=1S/C16H16O4/c1-20-14-9-7-12(8-10-14)11-16(19,15(17)18)13-5-3-2-4-6-13/h2-10,19H,11H2,1H3,(H,17,18). The Morgan fingerprint density at radius 1 is 1.10 bits per heavy atom. The molecule has 1 atom stereocenters. The molecule has 0 fully saturated rings. The van der Waals surface area contributed by atoms with Crippen molar-refractivity contribution in [1.82, 2.24) is 0 Å². The molecule has 0 aliphatic heterocycles. The number of benzene rings is 2. The Labute approximate surface area is 117 Å². The van der Waals surface area contributed by atoms with Crippen LogP contribution in [-0.4, -0.2) is 23.3 Å². The van der Waals surface area contributed by atoms with Gasteiger partial charge in [0, 0.05) is 6.42 Å². The van der Waals surface area contributed by atoms with Crippen LogP contribution in [0.15, 0.2) is 54.6 Å². The molecule has 2 rings (SSSR count). The maximum absolute atomic E-state index is 11.5. The molecule has 0 amide bonds. The van der Waals surface area contributed by atoms with Crippen molar-refractivity contribution in [3.63, 3.8) is 0 Å². The van der Waals surface area contributed by atoms with Gasteiger partial charge in [0.05, 0.1) is 7.11 Å². The number of aliphatic carboxylic acids is 1. The summed E-state index contributed by atoms with van der Waals surface area (Å²) in [6, 6.07) is 15.4. The Balaban J connectivity index is 2.32. The highest BCUT2D eigenvalue weighted by Crippen LogP contribution is 2.27. The molecule has 2 aromatic carbocycles. The second kappa shape index (κ2) is 5.75. The molecular formula is C16H16O4. The molecule has 0 aliphatic carbocycles. The Morgan fingerprint density at radius 3 is 2.20 bits per heavy atom. The number of hydrogen-bond acceptors (Lipinski definition) is 3. The summed E-state index contributed by atoms with van der Waals surface area (Å²) in [5, 5.41) is 19.9. The summed E-state index contributed by atoms with van der Waals surface area (Å²) in [5.41, 5.74) is -0.849. The zero-order valence-electron chi connectivity index (χ0n) is 11.1. The van der Waals surface area contributed by atoms with Gasteiger partial charge in [0.15, 0.2) is 5.60 Å². The molecule has 4 heteroatoms. The highest BCUT2D eigenvalue weighted by Gasteiger charge is 2.38. The predicted octanol–water partition coefficient (Wildman–Crippen LogP) is 2.21. The van der Waals surface area contributed by atoms with E-state index in [4.69, 9.17) is 4.74 Å². The number of methoxy groups -OCH3 is 1. The summed E-state index contributed by atoms with van der Waals surface area (Å²) in [7, 11) is 1.56. The lowest BCUT2D eigenvalue weighted by Gasteiger charge is -2.24. The van der Waals surface area contributed by atoms with E-state index in [1.807, 2.05) is 0 Å². The van der Waals surface area contributed by atoms with Gasteiger partial charge in [-0.25, -0.2) is 4.79 Å². The summed E-state index contributed by atoms with van der Waals surface area (Å²) in [5.74, 6) is -0.577. The minimum Gasteiger partial charge on any atom is -0.497 e. The zero-order chi connectivity index (χ0) is 14.6. The Hall–Kier alpha value is -2.33. The van der Waals surface area contributed by atoms with Crippen LogP contribution < -0.4 is 4.74 Å². The van der Waals surface area contributed by atoms with Crippen molar-refractivity contribution in [1.29, 1.82) is 0 Å². The highest BCUT2D eigenvalue weighted by molar-refractivity contribution is 5.79. The van der Waals surface area contributed by atoms with E-state index in [1.54, 1.807) is 61.7 Å². The fraction of sp³-hybridized carbons (Fsp3) is 0.188. The molecule has 0 aromatic heterocycles. The molecule has 2 N–H and O–H groups in total. The van der Waals surface area contributed by atoms with Crippen LogP contribution in [0.3, 0.4) is 0 Å². The van der Waals surface area contributed by atoms with Crippen molar-refractivity contribution in [2.24, 2.45) is 0 Å². The van der Waals surface area contributed by atoms with E-state index in [0.29, 0.717) is 11.3 Å². The smallest absolute Gasteiger partial charge is 0.340 e. The van der Waals surface area contributed by atoms with E-state index in [0.717, 1.165) is 5.56 Å². The van der Waals surface area contributed by atoms with E-state index in [9.17, 15) is 15.0 Å². The first-order chi connectivity index (χ1) is 9.56. The van der Waals surface area contributed by atoms with Crippen molar-refractivity contribution in [3.8, 4) is 5.75 Å². The fourth-order valence-electron chi connectivity index (χ4n) is 2.05.